The number of pyridine rings is 1. The molecule has 3 N–H and O–H groups in total. The van der Waals surface area contributed by atoms with Crippen LogP contribution in [-0.2, 0) is 0 Å². The highest BCUT2D eigenvalue weighted by atomic mass is 15.1. The predicted octanol–water partition coefficient (Wildman–Crippen LogP) is 2.89. The number of nitrogen functional groups attached to an aromatic ring is 1. The number of hydrogen-bond acceptors (Lipinski definition) is 4. The van der Waals surface area contributed by atoms with Gasteiger partial charge in [0.05, 0.1) is 11.9 Å². The Morgan fingerprint density at radius 1 is 1.37 bits per heavy atom. The fourth-order valence-corrected chi connectivity index (χ4v) is 2.21. The maximum atomic E-state index is 5.71. The van der Waals surface area contributed by atoms with Crippen molar-refractivity contribution in [2.45, 2.75) is 46.6 Å². The van der Waals surface area contributed by atoms with E-state index in [0.717, 1.165) is 36.6 Å². The van der Waals surface area contributed by atoms with Gasteiger partial charge < -0.3 is 16.0 Å². The van der Waals surface area contributed by atoms with Crippen LogP contribution < -0.4 is 11.1 Å². The molecule has 1 atom stereocenters. The second kappa shape index (κ2) is 8.00. The van der Waals surface area contributed by atoms with Crippen LogP contribution in [0.5, 0.6) is 0 Å². The van der Waals surface area contributed by atoms with Crippen LogP contribution in [-0.4, -0.2) is 35.6 Å². The molecule has 0 radical (unpaired) electrons. The monoisotopic (exact) mass is 264 g/mol. The summed E-state index contributed by atoms with van der Waals surface area (Å²) >= 11 is 0. The van der Waals surface area contributed by atoms with Gasteiger partial charge in [0.1, 0.15) is 5.82 Å². The predicted molar refractivity (Wildman–Crippen MR) is 83.5 cm³/mol. The molecule has 0 aliphatic heterocycles. The first kappa shape index (κ1) is 15.8. The minimum Gasteiger partial charge on any atom is -0.397 e. The van der Waals surface area contributed by atoms with Gasteiger partial charge in [0.25, 0.3) is 0 Å². The molecule has 1 unspecified atom stereocenters. The number of nitrogens with two attached hydrogens (primary N) is 1. The van der Waals surface area contributed by atoms with E-state index in [9.17, 15) is 0 Å². The number of nitrogens with one attached hydrogen (secondary N) is 1. The van der Waals surface area contributed by atoms with Gasteiger partial charge in [-0.1, -0.05) is 13.8 Å². The Balaban J connectivity index is 2.36. The lowest BCUT2D eigenvalue weighted by Crippen LogP contribution is -2.25. The molecule has 0 bridgehead atoms. The highest BCUT2D eigenvalue weighted by molar-refractivity contribution is 5.51. The molecular weight excluding hydrogens is 236 g/mol. The maximum absolute atomic E-state index is 5.71. The molecule has 0 aliphatic rings. The van der Waals surface area contributed by atoms with Gasteiger partial charge in [-0.2, -0.15) is 0 Å². The van der Waals surface area contributed by atoms with Crippen molar-refractivity contribution in [1.29, 1.82) is 0 Å². The van der Waals surface area contributed by atoms with Crippen molar-refractivity contribution in [3.63, 3.8) is 0 Å². The van der Waals surface area contributed by atoms with Gasteiger partial charge in [-0.25, -0.2) is 4.98 Å². The van der Waals surface area contributed by atoms with Crippen LogP contribution in [0.15, 0.2) is 12.3 Å². The lowest BCUT2D eigenvalue weighted by Gasteiger charge is -2.20. The fourth-order valence-electron chi connectivity index (χ4n) is 2.21. The molecule has 19 heavy (non-hydrogen) atoms. The number of hydrogen-bond donors (Lipinski definition) is 2. The molecule has 1 aromatic rings. The Bertz CT molecular complexity index is 374. The van der Waals surface area contributed by atoms with Crippen molar-refractivity contribution in [3.8, 4) is 0 Å². The lowest BCUT2D eigenvalue weighted by atomic mass is 10.1. The zero-order chi connectivity index (χ0) is 14.3. The topological polar surface area (TPSA) is 54.2 Å². The summed E-state index contributed by atoms with van der Waals surface area (Å²) in [7, 11) is 0. The molecule has 0 saturated heterocycles. The number of aryl methyl sites for hydroxylation is 1. The summed E-state index contributed by atoms with van der Waals surface area (Å²) in [5.41, 5.74) is 7.53. The molecule has 1 rings (SSSR count). The fraction of sp³-hybridized carbons (Fsp3) is 0.667. The van der Waals surface area contributed by atoms with E-state index < -0.39 is 0 Å². The first-order valence-electron chi connectivity index (χ1n) is 7.27. The first-order valence-corrected chi connectivity index (χ1v) is 7.27. The third-order valence-electron chi connectivity index (χ3n) is 3.49. The molecular formula is C15H28N4. The Labute approximate surface area is 117 Å². The summed E-state index contributed by atoms with van der Waals surface area (Å²) in [6, 6.07) is 2.39. The molecule has 0 aromatic carbocycles. The van der Waals surface area contributed by atoms with Crippen LogP contribution in [0.3, 0.4) is 0 Å². The van der Waals surface area contributed by atoms with Crippen LogP contribution >= 0.6 is 0 Å². The normalized spacial score (nSPS) is 12.7. The molecule has 4 nitrogen and oxygen atoms in total. The van der Waals surface area contributed by atoms with Crippen molar-refractivity contribution in [3.05, 3.63) is 17.8 Å². The largest absolute Gasteiger partial charge is 0.397 e. The number of nitrogens with zero attached hydrogens (tertiary/aromatic N) is 2. The van der Waals surface area contributed by atoms with Crippen LogP contribution in [0.25, 0.3) is 0 Å². The van der Waals surface area contributed by atoms with E-state index in [1.54, 1.807) is 6.20 Å². The Morgan fingerprint density at radius 2 is 2.05 bits per heavy atom. The Hall–Kier alpha value is -1.29. The summed E-state index contributed by atoms with van der Waals surface area (Å²) in [4.78, 5) is 6.80. The summed E-state index contributed by atoms with van der Waals surface area (Å²) in [5.74, 6) is 0.949. The van der Waals surface area contributed by atoms with Gasteiger partial charge in [0.15, 0.2) is 0 Å². The van der Waals surface area contributed by atoms with E-state index in [1.165, 1.54) is 13.0 Å². The number of aromatic nitrogens is 1. The van der Waals surface area contributed by atoms with E-state index in [0.29, 0.717) is 6.04 Å². The summed E-state index contributed by atoms with van der Waals surface area (Å²) < 4.78 is 0. The molecule has 0 aliphatic carbocycles. The third kappa shape index (κ3) is 5.47. The van der Waals surface area contributed by atoms with Crippen LogP contribution in [0.2, 0.25) is 0 Å². The van der Waals surface area contributed by atoms with Gasteiger partial charge in [-0.05, 0) is 58.0 Å². The molecule has 0 amide bonds. The minimum absolute atomic E-state index is 0.436. The van der Waals surface area contributed by atoms with Gasteiger partial charge in [-0.3, -0.25) is 0 Å². The van der Waals surface area contributed by atoms with Crippen molar-refractivity contribution in [1.82, 2.24) is 9.88 Å². The second-order valence-corrected chi connectivity index (χ2v) is 5.15. The summed E-state index contributed by atoms with van der Waals surface area (Å²) in [6.45, 7) is 12.1. The molecule has 0 saturated carbocycles. The molecule has 4 heteroatoms. The van der Waals surface area contributed by atoms with Crippen molar-refractivity contribution in [2.75, 3.05) is 30.7 Å². The van der Waals surface area contributed by atoms with E-state index in [2.05, 4.69) is 36.0 Å². The summed E-state index contributed by atoms with van der Waals surface area (Å²) in [5, 5.41) is 3.46. The van der Waals surface area contributed by atoms with Gasteiger partial charge >= 0.3 is 0 Å². The highest BCUT2D eigenvalue weighted by Crippen LogP contribution is 2.16. The molecule has 1 heterocycles. The molecule has 108 valence electrons. The van der Waals surface area contributed by atoms with Crippen LogP contribution in [0.4, 0.5) is 11.5 Å². The van der Waals surface area contributed by atoms with Crippen LogP contribution in [0, 0.1) is 6.92 Å². The maximum Gasteiger partial charge on any atom is 0.129 e. The zero-order valence-electron chi connectivity index (χ0n) is 12.7. The van der Waals surface area contributed by atoms with E-state index in [-0.39, 0.29) is 0 Å². The van der Waals surface area contributed by atoms with Crippen molar-refractivity contribution in [2.24, 2.45) is 0 Å². The third-order valence-corrected chi connectivity index (χ3v) is 3.49. The van der Waals surface area contributed by atoms with Gasteiger partial charge in [0, 0.05) is 6.04 Å². The van der Waals surface area contributed by atoms with E-state index >= 15 is 0 Å². The SMILES string of the molecule is CCN(CC)CCCC(C)Nc1ncc(N)cc1C. The Kier molecular flexibility index (Phi) is 6.64. The molecule has 0 spiro atoms. The quantitative estimate of drug-likeness (QED) is 0.758. The van der Waals surface area contributed by atoms with E-state index in [4.69, 9.17) is 5.73 Å². The van der Waals surface area contributed by atoms with Crippen molar-refractivity contribution < 1.29 is 0 Å². The lowest BCUT2D eigenvalue weighted by molar-refractivity contribution is 0.295. The average Bonchev–Trinajstić information content (AvgIpc) is 2.38. The molecule has 1 aromatic heterocycles. The van der Waals surface area contributed by atoms with Gasteiger partial charge in [-0.15, -0.1) is 0 Å². The van der Waals surface area contributed by atoms with Crippen molar-refractivity contribution >= 4 is 11.5 Å². The van der Waals surface area contributed by atoms with E-state index in [1.807, 2.05) is 13.0 Å². The average molecular weight is 264 g/mol. The standard InChI is InChI=1S/C15H28N4/c1-5-19(6-2)9-7-8-13(4)18-15-12(3)10-14(16)11-17-15/h10-11,13H,5-9,16H2,1-4H3,(H,17,18). The Morgan fingerprint density at radius 3 is 2.63 bits per heavy atom. The smallest absolute Gasteiger partial charge is 0.129 e. The van der Waals surface area contributed by atoms with Crippen LogP contribution in [0.1, 0.15) is 39.2 Å². The number of rotatable bonds is 8. The zero-order valence-corrected chi connectivity index (χ0v) is 12.7. The first-order chi connectivity index (χ1) is 9.06. The number of anilines is 2. The summed E-state index contributed by atoms with van der Waals surface area (Å²) in [6.07, 6.45) is 4.07. The van der Waals surface area contributed by atoms with Gasteiger partial charge in [0.2, 0.25) is 0 Å². The minimum atomic E-state index is 0.436. The molecule has 0 fully saturated rings. The highest BCUT2D eigenvalue weighted by Gasteiger charge is 2.07. The second-order valence-electron chi connectivity index (χ2n) is 5.15.